The molecule has 0 saturated carbocycles. The van der Waals surface area contributed by atoms with Crippen molar-refractivity contribution in [1.82, 2.24) is 4.90 Å². The van der Waals surface area contributed by atoms with Gasteiger partial charge in [-0.2, -0.15) is 0 Å². The lowest BCUT2D eigenvalue weighted by Crippen LogP contribution is -2.57. The zero-order chi connectivity index (χ0) is 20.1. The number of hydrogen-bond donors (Lipinski definition) is 1. The van der Waals surface area contributed by atoms with Gasteiger partial charge in [0.2, 0.25) is 5.91 Å². The van der Waals surface area contributed by atoms with Gasteiger partial charge in [-0.15, -0.1) is 0 Å². The van der Waals surface area contributed by atoms with E-state index in [0.29, 0.717) is 19.7 Å². The zero-order valence-corrected chi connectivity index (χ0v) is 18.1. The first-order chi connectivity index (χ1) is 14.1. The van der Waals surface area contributed by atoms with Crippen LogP contribution in [0.5, 0.6) is 0 Å². The summed E-state index contributed by atoms with van der Waals surface area (Å²) in [7, 11) is 0. The molecule has 2 fully saturated rings. The number of nitrogens with one attached hydrogen (secondary N) is 1. The van der Waals surface area contributed by atoms with Crippen LogP contribution in [0.2, 0.25) is 0 Å². The largest absolute Gasteiger partial charge is 0.372 e. The van der Waals surface area contributed by atoms with Crippen molar-refractivity contribution in [2.45, 2.75) is 37.6 Å². The van der Waals surface area contributed by atoms with Gasteiger partial charge in [0.25, 0.3) is 0 Å². The van der Waals surface area contributed by atoms with Gasteiger partial charge in [-0.25, -0.2) is 0 Å². The zero-order valence-electron chi connectivity index (χ0n) is 16.5. The minimum atomic E-state index is -0.201. The third-order valence-electron chi connectivity index (χ3n) is 5.79. The van der Waals surface area contributed by atoms with Crippen LogP contribution in [-0.4, -0.2) is 48.8 Å². The lowest BCUT2D eigenvalue weighted by atomic mass is 9.85. The number of likely N-dealkylation sites (tertiary alicyclic amines) is 1. The summed E-state index contributed by atoms with van der Waals surface area (Å²) in [6, 6.07) is 17.9. The van der Waals surface area contributed by atoms with E-state index in [1.807, 2.05) is 42.5 Å². The average molecular weight is 459 g/mol. The molecule has 0 aliphatic carbocycles. The lowest BCUT2D eigenvalue weighted by molar-refractivity contribution is -0.159. The molecule has 5 nitrogen and oxygen atoms in total. The van der Waals surface area contributed by atoms with E-state index < -0.39 is 0 Å². The fourth-order valence-corrected chi connectivity index (χ4v) is 4.49. The van der Waals surface area contributed by atoms with Gasteiger partial charge in [0.1, 0.15) is 0 Å². The van der Waals surface area contributed by atoms with Gasteiger partial charge in [-0.1, -0.05) is 46.3 Å². The van der Waals surface area contributed by atoms with E-state index in [2.05, 4.69) is 38.3 Å². The quantitative estimate of drug-likeness (QED) is 0.703. The molecule has 2 saturated heterocycles. The van der Waals surface area contributed by atoms with Crippen LogP contribution in [0.25, 0.3) is 0 Å². The Kier molecular flexibility index (Phi) is 6.65. The number of anilines is 1. The summed E-state index contributed by atoms with van der Waals surface area (Å²) in [4.78, 5) is 14.7. The highest BCUT2D eigenvalue weighted by atomic mass is 79.9. The molecule has 2 aromatic rings. The highest BCUT2D eigenvalue weighted by Crippen LogP contribution is 2.38. The summed E-state index contributed by atoms with van der Waals surface area (Å²) in [5, 5.41) is 2.98. The molecule has 2 heterocycles. The van der Waals surface area contributed by atoms with Crippen molar-refractivity contribution < 1.29 is 14.3 Å². The van der Waals surface area contributed by atoms with Gasteiger partial charge in [-0.3, -0.25) is 9.69 Å². The van der Waals surface area contributed by atoms with E-state index in [-0.39, 0.29) is 17.6 Å². The number of piperidine rings is 1. The SMILES string of the molecule is O=C(CN1CCC2(CCCO2)C(OCc2ccccc2)C1)Nc1ccc(Br)cc1. The number of halogens is 1. The number of ether oxygens (including phenoxy) is 2. The van der Waals surface area contributed by atoms with Gasteiger partial charge < -0.3 is 14.8 Å². The third-order valence-corrected chi connectivity index (χ3v) is 6.31. The summed E-state index contributed by atoms with van der Waals surface area (Å²) < 4.78 is 13.5. The van der Waals surface area contributed by atoms with Crippen LogP contribution in [0.1, 0.15) is 24.8 Å². The minimum Gasteiger partial charge on any atom is -0.372 e. The number of nitrogens with zero attached hydrogens (tertiary/aromatic N) is 1. The first-order valence-electron chi connectivity index (χ1n) is 10.2. The van der Waals surface area contributed by atoms with Crippen molar-refractivity contribution in [1.29, 1.82) is 0 Å². The van der Waals surface area contributed by atoms with Crippen molar-refractivity contribution in [2.24, 2.45) is 0 Å². The Balaban J connectivity index is 1.36. The Labute approximate surface area is 180 Å². The van der Waals surface area contributed by atoms with Gasteiger partial charge in [0.15, 0.2) is 0 Å². The molecule has 4 rings (SSSR count). The molecule has 2 aromatic carbocycles. The van der Waals surface area contributed by atoms with Crippen LogP contribution in [-0.2, 0) is 20.9 Å². The number of carbonyl (C=O) groups is 1. The maximum absolute atomic E-state index is 12.5. The van der Waals surface area contributed by atoms with Crippen molar-refractivity contribution in [3.63, 3.8) is 0 Å². The van der Waals surface area contributed by atoms with Crippen molar-refractivity contribution >= 4 is 27.5 Å². The molecule has 2 unspecified atom stereocenters. The predicted octanol–water partition coefficient (Wildman–Crippen LogP) is 4.23. The Morgan fingerprint density at radius 3 is 2.69 bits per heavy atom. The van der Waals surface area contributed by atoms with E-state index in [1.165, 1.54) is 0 Å². The second-order valence-electron chi connectivity index (χ2n) is 7.84. The molecule has 0 aromatic heterocycles. The van der Waals surface area contributed by atoms with Gasteiger partial charge in [0, 0.05) is 29.9 Å². The molecule has 0 bridgehead atoms. The van der Waals surface area contributed by atoms with E-state index in [9.17, 15) is 4.79 Å². The summed E-state index contributed by atoms with van der Waals surface area (Å²) in [6.07, 6.45) is 2.98. The van der Waals surface area contributed by atoms with Gasteiger partial charge in [-0.05, 0) is 49.1 Å². The molecule has 2 aliphatic rings. The first kappa shape index (κ1) is 20.5. The van der Waals surface area contributed by atoms with Crippen molar-refractivity contribution in [3.8, 4) is 0 Å². The lowest BCUT2D eigenvalue weighted by Gasteiger charge is -2.44. The Morgan fingerprint density at radius 1 is 1.17 bits per heavy atom. The fourth-order valence-electron chi connectivity index (χ4n) is 4.23. The molecule has 0 radical (unpaired) electrons. The highest BCUT2D eigenvalue weighted by Gasteiger charge is 2.47. The number of rotatable bonds is 6. The average Bonchev–Trinajstić information content (AvgIpc) is 3.20. The summed E-state index contributed by atoms with van der Waals surface area (Å²) in [5.41, 5.74) is 1.77. The number of amides is 1. The topological polar surface area (TPSA) is 50.8 Å². The second kappa shape index (κ2) is 9.39. The monoisotopic (exact) mass is 458 g/mol. The molecule has 154 valence electrons. The number of hydrogen-bond acceptors (Lipinski definition) is 4. The van der Waals surface area contributed by atoms with E-state index >= 15 is 0 Å². The molecule has 2 aliphatic heterocycles. The number of benzene rings is 2. The van der Waals surface area contributed by atoms with Gasteiger partial charge >= 0.3 is 0 Å². The summed E-state index contributed by atoms with van der Waals surface area (Å²) in [6.45, 7) is 3.28. The first-order valence-corrected chi connectivity index (χ1v) is 11.0. The van der Waals surface area contributed by atoms with Crippen LogP contribution < -0.4 is 5.32 Å². The summed E-state index contributed by atoms with van der Waals surface area (Å²) in [5.74, 6) is -0.00239. The molecule has 1 spiro atoms. The fraction of sp³-hybridized carbons (Fsp3) is 0.435. The van der Waals surface area contributed by atoms with E-state index in [0.717, 1.165) is 48.1 Å². The molecule has 1 amide bonds. The standard InChI is InChI=1S/C23H27BrN2O3/c24-19-7-9-20(10-8-19)25-22(27)16-26-13-12-23(11-4-14-29-23)21(15-26)28-17-18-5-2-1-3-6-18/h1-3,5-10,21H,4,11-17H2,(H,25,27). The highest BCUT2D eigenvalue weighted by molar-refractivity contribution is 9.10. The maximum atomic E-state index is 12.5. The molecule has 1 N–H and O–H groups in total. The van der Waals surface area contributed by atoms with Crippen molar-refractivity contribution in [2.75, 3.05) is 31.6 Å². The van der Waals surface area contributed by atoms with Crippen LogP contribution in [0.3, 0.4) is 0 Å². The van der Waals surface area contributed by atoms with E-state index in [1.54, 1.807) is 0 Å². The van der Waals surface area contributed by atoms with Crippen LogP contribution in [0.4, 0.5) is 5.69 Å². The maximum Gasteiger partial charge on any atom is 0.238 e. The normalized spacial score (nSPS) is 24.7. The van der Waals surface area contributed by atoms with E-state index in [4.69, 9.17) is 9.47 Å². The van der Waals surface area contributed by atoms with Crippen molar-refractivity contribution in [3.05, 3.63) is 64.6 Å². The minimum absolute atomic E-state index is 0.00239. The Hall–Kier alpha value is -1.73. The molecule has 29 heavy (non-hydrogen) atoms. The smallest absolute Gasteiger partial charge is 0.238 e. The molecular weight excluding hydrogens is 432 g/mol. The van der Waals surface area contributed by atoms with Crippen LogP contribution in [0, 0.1) is 0 Å². The molecule has 2 atom stereocenters. The third kappa shape index (κ3) is 5.25. The summed E-state index contributed by atoms with van der Waals surface area (Å²) >= 11 is 3.41. The predicted molar refractivity (Wildman–Crippen MR) is 117 cm³/mol. The van der Waals surface area contributed by atoms with Gasteiger partial charge in [0.05, 0.1) is 24.9 Å². The van der Waals surface area contributed by atoms with Crippen LogP contribution in [0.15, 0.2) is 59.1 Å². The molecule has 6 heteroatoms. The Morgan fingerprint density at radius 2 is 1.97 bits per heavy atom. The molecular formula is C23H27BrN2O3. The Bertz CT molecular complexity index is 807. The second-order valence-corrected chi connectivity index (χ2v) is 8.76. The van der Waals surface area contributed by atoms with Crippen LogP contribution >= 0.6 is 15.9 Å². The number of carbonyl (C=O) groups excluding carboxylic acids is 1.